The predicted octanol–water partition coefficient (Wildman–Crippen LogP) is 6.98. The summed E-state index contributed by atoms with van der Waals surface area (Å²) in [6, 6.07) is 0. The normalized spacial score (nSPS) is 50.8. The first kappa shape index (κ1) is 31.6. The van der Waals surface area contributed by atoms with Gasteiger partial charge in [0.1, 0.15) is 0 Å². The van der Waals surface area contributed by atoms with Crippen molar-refractivity contribution >= 4 is 11.9 Å². The van der Waals surface area contributed by atoms with Crippen molar-refractivity contribution in [2.24, 2.45) is 56.7 Å². The van der Waals surface area contributed by atoms with E-state index < -0.39 is 22.0 Å². The van der Waals surface area contributed by atoms with Gasteiger partial charge in [0, 0.05) is 17.4 Å². The summed E-state index contributed by atoms with van der Waals surface area (Å²) >= 11 is 0. The van der Waals surface area contributed by atoms with Gasteiger partial charge in [-0.05, 0) is 124 Å². The number of hydrogen-bond donors (Lipinski definition) is 2. The Kier molecular flexibility index (Phi) is 6.54. The van der Waals surface area contributed by atoms with Gasteiger partial charge < -0.3 is 19.8 Å². The molecule has 11 atom stereocenters. The van der Waals surface area contributed by atoms with E-state index in [4.69, 9.17) is 4.74 Å². The fourth-order valence-electron chi connectivity index (χ4n) is 13.3. The van der Waals surface area contributed by atoms with Crippen molar-refractivity contribution in [1.82, 2.24) is 4.90 Å². The molecular formula is C40H59NO5. The van der Waals surface area contributed by atoms with E-state index in [1.54, 1.807) is 0 Å². The number of ether oxygens (including phenoxy) is 1. The SMILES string of the molecule is CC1(C)[C@H]2CC[C@@H](CN(C[C@]3(O)CC[C@H]4C5=CC=C6C[C@@H](O)CC[C@]6(C)[C@H]5CC[C@@]43C)C(=O)[C@@]34CC[C@@](C)(C(=O)O3)C4(C)C)[C@@H]1C2. The number of hydrogen-bond acceptors (Lipinski definition) is 5. The number of allylic oxidation sites excluding steroid dienone is 3. The van der Waals surface area contributed by atoms with Gasteiger partial charge in [-0.1, -0.05) is 64.8 Å². The Balaban J connectivity index is 1.12. The van der Waals surface area contributed by atoms with Gasteiger partial charge in [-0.3, -0.25) is 9.59 Å². The van der Waals surface area contributed by atoms with Crippen LogP contribution in [0.15, 0.2) is 23.3 Å². The summed E-state index contributed by atoms with van der Waals surface area (Å²) in [4.78, 5) is 30.5. The molecule has 7 saturated carbocycles. The molecule has 1 heterocycles. The highest BCUT2D eigenvalue weighted by Gasteiger charge is 2.76. The Labute approximate surface area is 276 Å². The molecule has 1 amide bonds. The van der Waals surface area contributed by atoms with Crippen LogP contribution in [0.1, 0.15) is 126 Å². The maximum absolute atomic E-state index is 15.1. The lowest BCUT2D eigenvalue weighted by Gasteiger charge is -2.61. The molecule has 4 bridgehead atoms. The number of aliphatic hydroxyl groups is 2. The minimum absolute atomic E-state index is 0.0572. The van der Waals surface area contributed by atoms with E-state index in [9.17, 15) is 15.0 Å². The van der Waals surface area contributed by atoms with E-state index in [1.807, 2.05) is 11.8 Å². The third-order valence-corrected chi connectivity index (χ3v) is 17.5. The highest BCUT2D eigenvalue weighted by Crippen LogP contribution is 2.68. The molecular weight excluding hydrogens is 574 g/mol. The highest BCUT2D eigenvalue weighted by molar-refractivity contribution is 5.96. The molecule has 8 aliphatic carbocycles. The van der Waals surface area contributed by atoms with Gasteiger partial charge in [0.15, 0.2) is 5.60 Å². The number of amides is 1. The van der Waals surface area contributed by atoms with Crippen molar-refractivity contribution in [2.45, 2.75) is 143 Å². The standard InChI is InChI=1S/C40H59NO5/c1-34(2)25-9-8-24(31(34)21-25)22-41(32(43)40-19-18-38(7,33(44)46-40)35(40,3)4)23-39(45)17-14-30-28-11-10-26-20-27(42)12-15-36(26,5)29(28)13-16-37(30,39)6/h10-11,24-25,27,29-31,42,45H,8-9,12-23H2,1-7H3/t24-,25-,27-,29-,30-,31-,36-,37-,38-,39+,40+/m0/s1. The molecule has 0 aromatic carbocycles. The van der Waals surface area contributed by atoms with Crippen LogP contribution in [0, 0.1) is 56.7 Å². The zero-order valence-electron chi connectivity index (χ0n) is 29.6. The number of nitrogens with zero attached hydrogens (tertiary/aromatic N) is 1. The topological polar surface area (TPSA) is 87.1 Å². The number of rotatable bonds is 5. The Morgan fingerprint density at radius 2 is 1.65 bits per heavy atom. The van der Waals surface area contributed by atoms with Gasteiger partial charge >= 0.3 is 5.97 Å². The molecule has 6 heteroatoms. The summed E-state index contributed by atoms with van der Waals surface area (Å²) in [5, 5.41) is 23.4. The van der Waals surface area contributed by atoms with Crippen LogP contribution in [0.25, 0.3) is 0 Å². The van der Waals surface area contributed by atoms with Crippen LogP contribution in [-0.2, 0) is 14.3 Å². The summed E-state index contributed by atoms with van der Waals surface area (Å²) in [6.45, 7) is 16.6. The monoisotopic (exact) mass is 633 g/mol. The molecule has 0 radical (unpaired) electrons. The smallest absolute Gasteiger partial charge is 0.313 e. The van der Waals surface area contributed by atoms with Gasteiger partial charge in [0.2, 0.25) is 0 Å². The van der Waals surface area contributed by atoms with E-state index in [0.717, 1.165) is 50.9 Å². The Hall–Kier alpha value is -1.66. The zero-order chi connectivity index (χ0) is 32.9. The van der Waals surface area contributed by atoms with Crippen LogP contribution in [0.2, 0.25) is 0 Å². The average molecular weight is 634 g/mol. The second-order valence-electron chi connectivity index (χ2n) is 19.4. The number of fused-ring (bicyclic) bond motifs is 9. The molecule has 46 heavy (non-hydrogen) atoms. The summed E-state index contributed by atoms with van der Waals surface area (Å²) < 4.78 is 6.20. The van der Waals surface area contributed by atoms with Crippen molar-refractivity contribution in [3.8, 4) is 0 Å². The first-order valence-electron chi connectivity index (χ1n) is 18.8. The molecule has 1 saturated heterocycles. The first-order valence-corrected chi connectivity index (χ1v) is 18.8. The fraction of sp³-hybridized carbons (Fsp3) is 0.850. The minimum Gasteiger partial charge on any atom is -0.448 e. The molecule has 1 aliphatic heterocycles. The largest absolute Gasteiger partial charge is 0.448 e. The van der Waals surface area contributed by atoms with Crippen LogP contribution >= 0.6 is 0 Å². The minimum atomic E-state index is -1.16. The van der Waals surface area contributed by atoms with Gasteiger partial charge in [0.05, 0.1) is 23.7 Å². The lowest BCUT2D eigenvalue weighted by atomic mass is 9.45. The van der Waals surface area contributed by atoms with Crippen molar-refractivity contribution in [2.75, 3.05) is 13.1 Å². The number of carbonyl (C=O) groups is 2. The van der Waals surface area contributed by atoms with Crippen molar-refractivity contribution < 1.29 is 24.5 Å². The van der Waals surface area contributed by atoms with Crippen molar-refractivity contribution in [3.63, 3.8) is 0 Å². The third-order valence-electron chi connectivity index (χ3n) is 17.5. The van der Waals surface area contributed by atoms with Gasteiger partial charge in [0.25, 0.3) is 5.91 Å². The van der Waals surface area contributed by atoms with E-state index in [-0.39, 0.29) is 34.7 Å². The van der Waals surface area contributed by atoms with Crippen LogP contribution in [0.4, 0.5) is 0 Å². The molecule has 2 N–H and O–H groups in total. The fourth-order valence-corrected chi connectivity index (χ4v) is 13.3. The number of aliphatic hydroxyl groups excluding tert-OH is 1. The maximum atomic E-state index is 15.1. The van der Waals surface area contributed by atoms with E-state index in [1.165, 1.54) is 24.0 Å². The van der Waals surface area contributed by atoms with Crippen LogP contribution in [-0.4, -0.2) is 57.4 Å². The number of esters is 1. The summed E-state index contributed by atoms with van der Waals surface area (Å²) in [5.74, 6) is 2.23. The average Bonchev–Trinajstić information content (AvgIpc) is 3.45. The van der Waals surface area contributed by atoms with Crippen molar-refractivity contribution in [3.05, 3.63) is 23.3 Å². The molecule has 8 fully saturated rings. The van der Waals surface area contributed by atoms with E-state index in [0.29, 0.717) is 55.5 Å². The molecule has 9 aliphatic rings. The Bertz CT molecular complexity index is 1430. The summed E-state index contributed by atoms with van der Waals surface area (Å²) in [6.07, 6.45) is 15.5. The number of carbonyl (C=O) groups excluding carboxylic acids is 2. The van der Waals surface area contributed by atoms with Gasteiger partial charge in [-0.25, -0.2) is 0 Å². The second kappa shape index (κ2) is 9.52. The molecule has 0 aromatic heterocycles. The highest BCUT2D eigenvalue weighted by atomic mass is 16.6. The molecule has 0 aromatic rings. The Morgan fingerprint density at radius 3 is 2.30 bits per heavy atom. The third kappa shape index (κ3) is 3.67. The Morgan fingerprint density at radius 1 is 0.913 bits per heavy atom. The molecule has 254 valence electrons. The first-order chi connectivity index (χ1) is 21.4. The lowest BCUT2D eigenvalue weighted by molar-refractivity contribution is -0.181. The van der Waals surface area contributed by atoms with Crippen LogP contribution in [0.3, 0.4) is 0 Å². The summed E-state index contributed by atoms with van der Waals surface area (Å²) in [7, 11) is 0. The molecule has 6 nitrogen and oxygen atoms in total. The van der Waals surface area contributed by atoms with Gasteiger partial charge in [-0.15, -0.1) is 0 Å². The molecule has 0 spiro atoms. The lowest BCUT2D eigenvalue weighted by Crippen LogP contribution is -2.63. The van der Waals surface area contributed by atoms with E-state index >= 15 is 4.79 Å². The second-order valence-corrected chi connectivity index (χ2v) is 19.4. The van der Waals surface area contributed by atoms with Crippen LogP contribution < -0.4 is 0 Å². The zero-order valence-corrected chi connectivity index (χ0v) is 29.6. The maximum Gasteiger partial charge on any atom is 0.313 e. The quantitative estimate of drug-likeness (QED) is 0.319. The van der Waals surface area contributed by atoms with Crippen LogP contribution in [0.5, 0.6) is 0 Å². The van der Waals surface area contributed by atoms with Gasteiger partial charge in [-0.2, -0.15) is 0 Å². The van der Waals surface area contributed by atoms with Crippen molar-refractivity contribution in [1.29, 1.82) is 0 Å². The predicted molar refractivity (Wildman–Crippen MR) is 177 cm³/mol. The summed E-state index contributed by atoms with van der Waals surface area (Å²) in [5.41, 5.74) is -0.485. The van der Waals surface area contributed by atoms with E-state index in [2.05, 4.69) is 53.7 Å². The molecule has 0 unspecified atom stereocenters. The molecule has 9 rings (SSSR count).